The van der Waals surface area contributed by atoms with Crippen LogP contribution in [-0.2, 0) is 19.4 Å². The lowest BCUT2D eigenvalue weighted by molar-refractivity contribution is -0.126. The Morgan fingerprint density at radius 2 is 1.71 bits per heavy atom. The van der Waals surface area contributed by atoms with E-state index in [1.165, 1.54) is 31.2 Å². The van der Waals surface area contributed by atoms with Gasteiger partial charge in [0.25, 0.3) is 0 Å². The molecule has 0 spiro atoms. The molecule has 0 bridgehead atoms. The summed E-state index contributed by atoms with van der Waals surface area (Å²) in [4.78, 5) is 23.3. The first-order valence-corrected chi connectivity index (χ1v) is 8.44. The number of halogens is 1. The van der Waals surface area contributed by atoms with Crippen molar-refractivity contribution in [3.05, 3.63) is 29.3 Å². The maximum absolute atomic E-state index is 12.1. The van der Waals surface area contributed by atoms with Gasteiger partial charge in [-0.2, -0.15) is 0 Å². The van der Waals surface area contributed by atoms with Crippen LogP contribution in [0, 0.1) is 5.92 Å². The second-order valence-electron chi connectivity index (χ2n) is 5.11. The number of hydrogen-bond donors (Lipinski definition) is 1. The number of carbonyl (C=O) groups is 2. The molecule has 1 rings (SSSR count). The minimum absolute atomic E-state index is 0.0194. The summed E-state index contributed by atoms with van der Waals surface area (Å²) < 4.78 is 24.2. The Bertz CT molecular complexity index is 623. The lowest BCUT2D eigenvalue weighted by atomic mass is 10.0. The van der Waals surface area contributed by atoms with E-state index in [0.717, 1.165) is 0 Å². The van der Waals surface area contributed by atoms with E-state index >= 15 is 0 Å². The molecule has 0 aliphatic heterocycles. The number of amides is 1. The predicted octanol–water partition coefficient (Wildman–Crippen LogP) is 1.84. The molecule has 1 unspecified atom stereocenters. The van der Waals surface area contributed by atoms with Crippen molar-refractivity contribution in [3.8, 4) is 0 Å². The van der Waals surface area contributed by atoms with E-state index in [-0.39, 0.29) is 16.6 Å². The van der Waals surface area contributed by atoms with Crippen LogP contribution in [0.25, 0.3) is 0 Å². The standard InChI is InChI=1S/C14H18ClNO4S/c1-9(2)14(10(3)17)16-13(18)8-21(19,20)12-6-4-11(15)5-7-12/h4-7,9,14H,8H2,1-3H3,(H,16,18). The molecule has 21 heavy (non-hydrogen) atoms. The highest BCUT2D eigenvalue weighted by molar-refractivity contribution is 7.92. The molecule has 0 heterocycles. The van der Waals surface area contributed by atoms with Crippen molar-refractivity contribution in [2.24, 2.45) is 5.92 Å². The van der Waals surface area contributed by atoms with E-state index in [0.29, 0.717) is 5.02 Å². The molecule has 1 aromatic carbocycles. The second kappa shape index (κ2) is 7.04. The average Bonchev–Trinajstić information content (AvgIpc) is 2.35. The van der Waals surface area contributed by atoms with Gasteiger partial charge in [0.15, 0.2) is 15.6 Å². The highest BCUT2D eigenvalue weighted by Gasteiger charge is 2.24. The van der Waals surface area contributed by atoms with Gasteiger partial charge in [-0.25, -0.2) is 8.42 Å². The molecule has 5 nitrogen and oxygen atoms in total. The largest absolute Gasteiger partial charge is 0.345 e. The number of nitrogens with one attached hydrogen (secondary N) is 1. The van der Waals surface area contributed by atoms with Crippen LogP contribution in [0.15, 0.2) is 29.2 Å². The SMILES string of the molecule is CC(=O)C(NC(=O)CS(=O)(=O)c1ccc(Cl)cc1)C(C)C. The van der Waals surface area contributed by atoms with Crippen LogP contribution in [0.2, 0.25) is 5.02 Å². The summed E-state index contributed by atoms with van der Waals surface area (Å²) in [5, 5.41) is 2.87. The Labute approximate surface area is 129 Å². The van der Waals surface area contributed by atoms with Gasteiger partial charge in [-0.1, -0.05) is 25.4 Å². The van der Waals surface area contributed by atoms with Gasteiger partial charge in [-0.3, -0.25) is 9.59 Å². The fraction of sp³-hybridized carbons (Fsp3) is 0.429. The third kappa shape index (κ3) is 5.13. The third-order valence-corrected chi connectivity index (χ3v) is 4.80. The number of Topliss-reactive ketones (excluding diaryl/α,β-unsaturated/α-hetero) is 1. The summed E-state index contributed by atoms with van der Waals surface area (Å²) in [6.45, 7) is 4.92. The summed E-state index contributed by atoms with van der Waals surface area (Å²) in [7, 11) is -3.76. The monoisotopic (exact) mass is 331 g/mol. The summed E-state index contributed by atoms with van der Waals surface area (Å²) in [5.41, 5.74) is 0. The number of ketones is 1. The van der Waals surface area contributed by atoms with E-state index in [9.17, 15) is 18.0 Å². The molecular formula is C14H18ClNO4S. The minimum atomic E-state index is -3.76. The molecule has 0 aliphatic carbocycles. The molecule has 0 aromatic heterocycles. The zero-order chi connectivity index (χ0) is 16.2. The fourth-order valence-corrected chi connectivity index (χ4v) is 3.12. The molecule has 0 saturated carbocycles. The van der Waals surface area contributed by atoms with Gasteiger partial charge in [0.2, 0.25) is 5.91 Å². The summed E-state index contributed by atoms with van der Waals surface area (Å²) in [5.74, 6) is -1.71. The smallest absolute Gasteiger partial charge is 0.236 e. The zero-order valence-corrected chi connectivity index (χ0v) is 13.7. The Morgan fingerprint density at radius 1 is 1.19 bits per heavy atom. The average molecular weight is 332 g/mol. The van der Waals surface area contributed by atoms with Crippen molar-refractivity contribution in [2.45, 2.75) is 31.7 Å². The molecule has 7 heteroatoms. The van der Waals surface area contributed by atoms with Crippen LogP contribution in [0.1, 0.15) is 20.8 Å². The number of carbonyl (C=O) groups excluding carboxylic acids is 2. The van der Waals surface area contributed by atoms with E-state index < -0.39 is 27.5 Å². The molecular weight excluding hydrogens is 314 g/mol. The van der Waals surface area contributed by atoms with Gasteiger partial charge in [-0.15, -0.1) is 0 Å². The van der Waals surface area contributed by atoms with Crippen molar-refractivity contribution in [3.63, 3.8) is 0 Å². The molecule has 1 N–H and O–H groups in total. The highest BCUT2D eigenvalue weighted by Crippen LogP contribution is 2.15. The van der Waals surface area contributed by atoms with E-state index in [1.807, 2.05) is 0 Å². The maximum atomic E-state index is 12.1. The maximum Gasteiger partial charge on any atom is 0.236 e. The highest BCUT2D eigenvalue weighted by atomic mass is 35.5. The fourth-order valence-electron chi connectivity index (χ4n) is 1.85. The van der Waals surface area contributed by atoms with Crippen molar-refractivity contribution in [2.75, 3.05) is 5.75 Å². The zero-order valence-electron chi connectivity index (χ0n) is 12.1. The van der Waals surface area contributed by atoms with Crippen LogP contribution in [-0.4, -0.2) is 31.9 Å². The molecule has 1 aromatic rings. The number of rotatable bonds is 6. The van der Waals surface area contributed by atoms with Gasteiger partial charge < -0.3 is 5.32 Å². The Hall–Kier alpha value is -1.40. The van der Waals surface area contributed by atoms with Crippen molar-refractivity contribution in [1.82, 2.24) is 5.32 Å². The van der Waals surface area contributed by atoms with Crippen LogP contribution in [0.5, 0.6) is 0 Å². The Morgan fingerprint density at radius 3 is 2.14 bits per heavy atom. The van der Waals surface area contributed by atoms with E-state index in [4.69, 9.17) is 11.6 Å². The van der Waals surface area contributed by atoms with Crippen LogP contribution >= 0.6 is 11.6 Å². The summed E-state index contributed by atoms with van der Waals surface area (Å²) in [6.07, 6.45) is 0. The topological polar surface area (TPSA) is 80.3 Å². The Balaban J connectivity index is 2.82. The summed E-state index contributed by atoms with van der Waals surface area (Å²) in [6, 6.07) is 4.89. The summed E-state index contributed by atoms with van der Waals surface area (Å²) >= 11 is 5.69. The van der Waals surface area contributed by atoms with Crippen LogP contribution < -0.4 is 5.32 Å². The number of benzene rings is 1. The minimum Gasteiger partial charge on any atom is -0.345 e. The van der Waals surface area contributed by atoms with Crippen molar-refractivity contribution < 1.29 is 18.0 Å². The molecule has 0 aliphatic rings. The van der Waals surface area contributed by atoms with Gasteiger partial charge in [0.1, 0.15) is 5.75 Å². The van der Waals surface area contributed by atoms with Gasteiger partial charge in [0, 0.05) is 5.02 Å². The van der Waals surface area contributed by atoms with E-state index in [2.05, 4.69) is 5.32 Å². The third-order valence-electron chi connectivity index (χ3n) is 2.91. The first-order valence-electron chi connectivity index (χ1n) is 6.41. The van der Waals surface area contributed by atoms with Crippen LogP contribution in [0.4, 0.5) is 0 Å². The molecule has 0 saturated heterocycles. The quantitative estimate of drug-likeness (QED) is 0.862. The molecule has 1 amide bonds. The van der Waals surface area contributed by atoms with Crippen molar-refractivity contribution >= 4 is 33.1 Å². The first kappa shape index (κ1) is 17.7. The van der Waals surface area contributed by atoms with E-state index in [1.54, 1.807) is 13.8 Å². The number of sulfone groups is 1. The van der Waals surface area contributed by atoms with Crippen LogP contribution in [0.3, 0.4) is 0 Å². The van der Waals surface area contributed by atoms with Gasteiger partial charge >= 0.3 is 0 Å². The second-order valence-corrected chi connectivity index (χ2v) is 7.54. The lowest BCUT2D eigenvalue weighted by Gasteiger charge is -2.19. The molecule has 0 radical (unpaired) electrons. The van der Waals surface area contributed by atoms with Crippen molar-refractivity contribution in [1.29, 1.82) is 0 Å². The molecule has 1 atom stereocenters. The molecule has 116 valence electrons. The van der Waals surface area contributed by atoms with Gasteiger partial charge in [0.05, 0.1) is 10.9 Å². The first-order chi connectivity index (χ1) is 9.63. The lowest BCUT2D eigenvalue weighted by Crippen LogP contribution is -2.45. The van der Waals surface area contributed by atoms with Gasteiger partial charge in [-0.05, 0) is 37.1 Å². The Kier molecular flexibility index (Phi) is 5.92. The molecule has 0 fully saturated rings. The number of hydrogen-bond acceptors (Lipinski definition) is 4. The normalized spacial score (nSPS) is 13.0. The predicted molar refractivity (Wildman–Crippen MR) is 81.0 cm³/mol.